The van der Waals surface area contributed by atoms with Crippen molar-refractivity contribution < 1.29 is 8.42 Å². The fraction of sp³-hybridized carbons (Fsp3) is 0.556. The van der Waals surface area contributed by atoms with E-state index in [1.165, 1.54) is 0 Å². The lowest BCUT2D eigenvalue weighted by atomic mass is 9.97. The van der Waals surface area contributed by atoms with E-state index >= 15 is 0 Å². The highest BCUT2D eigenvalue weighted by molar-refractivity contribution is 7.90. The van der Waals surface area contributed by atoms with Gasteiger partial charge < -0.3 is 4.90 Å². The predicted octanol–water partition coefficient (Wildman–Crippen LogP) is 2.27. The van der Waals surface area contributed by atoms with Crippen molar-refractivity contribution in [2.24, 2.45) is 5.92 Å². The van der Waals surface area contributed by atoms with Crippen LogP contribution in [0.2, 0.25) is 0 Å². The lowest BCUT2D eigenvalue weighted by Crippen LogP contribution is -2.40. The zero-order valence-electron chi connectivity index (χ0n) is 14.5. The van der Waals surface area contributed by atoms with Gasteiger partial charge in [-0.2, -0.15) is 0 Å². The molecule has 0 unspecified atom stereocenters. The first-order valence-corrected chi connectivity index (χ1v) is 10.5. The van der Waals surface area contributed by atoms with E-state index in [4.69, 9.17) is 4.98 Å². The molecule has 1 aliphatic carbocycles. The van der Waals surface area contributed by atoms with Crippen LogP contribution >= 0.6 is 0 Å². The van der Waals surface area contributed by atoms with Gasteiger partial charge in [0.1, 0.15) is 5.82 Å². The molecule has 1 aromatic carbocycles. The van der Waals surface area contributed by atoms with Crippen LogP contribution in [0, 0.1) is 5.92 Å². The number of hydrogen-bond acceptors (Lipinski definition) is 5. The van der Waals surface area contributed by atoms with Gasteiger partial charge in [0.15, 0.2) is 0 Å². The second-order valence-corrected chi connectivity index (χ2v) is 9.49. The van der Waals surface area contributed by atoms with Gasteiger partial charge in [-0.15, -0.1) is 0 Å². The number of benzene rings is 1. The van der Waals surface area contributed by atoms with E-state index in [0.29, 0.717) is 12.5 Å². The number of rotatable bonds is 5. The number of hydrogen-bond donors (Lipinski definition) is 0. The molecule has 2 heterocycles. The van der Waals surface area contributed by atoms with Crippen molar-refractivity contribution in [2.75, 3.05) is 31.6 Å². The van der Waals surface area contributed by atoms with Crippen molar-refractivity contribution >= 4 is 26.9 Å². The molecule has 2 fully saturated rings. The van der Waals surface area contributed by atoms with Crippen LogP contribution in [0.1, 0.15) is 25.7 Å². The summed E-state index contributed by atoms with van der Waals surface area (Å²) in [5.41, 5.74) is 1.82. The molecule has 0 radical (unpaired) electrons. The Kier molecular flexibility index (Phi) is 4.37. The van der Waals surface area contributed by atoms with Crippen LogP contribution in [-0.2, 0) is 10.0 Å². The maximum absolute atomic E-state index is 12.3. The van der Waals surface area contributed by atoms with E-state index in [1.807, 2.05) is 30.5 Å². The SMILES string of the molecule is CN(CC1CCN(c2cnc3ccccc3n2)CC1)S(=O)(=O)C1CC1. The average Bonchev–Trinajstić information content (AvgIpc) is 3.47. The molecule has 1 saturated carbocycles. The van der Waals surface area contributed by atoms with E-state index in [2.05, 4.69) is 9.88 Å². The molecule has 6 nitrogen and oxygen atoms in total. The Morgan fingerprint density at radius 2 is 1.80 bits per heavy atom. The van der Waals surface area contributed by atoms with Crippen molar-refractivity contribution in [1.29, 1.82) is 0 Å². The summed E-state index contributed by atoms with van der Waals surface area (Å²) in [5.74, 6) is 1.33. The topological polar surface area (TPSA) is 66.4 Å². The Hall–Kier alpha value is -1.73. The van der Waals surface area contributed by atoms with Gasteiger partial charge in [-0.1, -0.05) is 12.1 Å². The van der Waals surface area contributed by atoms with Gasteiger partial charge >= 0.3 is 0 Å². The highest BCUT2D eigenvalue weighted by Crippen LogP contribution is 2.31. The quantitative estimate of drug-likeness (QED) is 0.818. The summed E-state index contributed by atoms with van der Waals surface area (Å²) in [4.78, 5) is 11.5. The van der Waals surface area contributed by atoms with Gasteiger partial charge in [0.25, 0.3) is 0 Å². The second kappa shape index (κ2) is 6.53. The molecule has 0 atom stereocenters. The second-order valence-electron chi connectivity index (χ2n) is 7.17. The van der Waals surface area contributed by atoms with Crippen LogP contribution in [0.25, 0.3) is 11.0 Å². The van der Waals surface area contributed by atoms with Gasteiger partial charge in [0.2, 0.25) is 10.0 Å². The Morgan fingerprint density at radius 3 is 2.48 bits per heavy atom. The summed E-state index contributed by atoms with van der Waals surface area (Å²) in [6.07, 6.45) is 5.46. The Bertz CT molecular complexity index is 858. The molecule has 7 heteroatoms. The van der Waals surface area contributed by atoms with Crippen molar-refractivity contribution in [3.05, 3.63) is 30.5 Å². The third-order valence-electron chi connectivity index (χ3n) is 5.27. The minimum atomic E-state index is -3.06. The molecule has 1 aromatic heterocycles. The lowest BCUT2D eigenvalue weighted by molar-refractivity contribution is 0.327. The Morgan fingerprint density at radius 1 is 1.12 bits per heavy atom. The largest absolute Gasteiger partial charge is 0.355 e. The van der Waals surface area contributed by atoms with E-state index < -0.39 is 10.0 Å². The highest BCUT2D eigenvalue weighted by atomic mass is 32.2. The molecular weight excluding hydrogens is 336 g/mol. The van der Waals surface area contributed by atoms with E-state index in [0.717, 1.165) is 55.6 Å². The summed E-state index contributed by atoms with van der Waals surface area (Å²) >= 11 is 0. The van der Waals surface area contributed by atoms with Crippen molar-refractivity contribution in [3.63, 3.8) is 0 Å². The standard InChI is InChI=1S/C18H24N4O2S/c1-21(25(23,24)15-6-7-15)13-14-8-10-22(11-9-14)18-12-19-16-4-2-3-5-17(16)20-18/h2-5,12,14-15H,6-11,13H2,1H3. The fourth-order valence-corrected chi connectivity index (χ4v) is 5.19. The number of nitrogens with zero attached hydrogens (tertiary/aromatic N) is 4. The van der Waals surface area contributed by atoms with Gasteiger partial charge in [0.05, 0.1) is 22.5 Å². The number of aromatic nitrogens is 2. The van der Waals surface area contributed by atoms with Crippen LogP contribution in [0.4, 0.5) is 5.82 Å². The number of piperidine rings is 1. The smallest absolute Gasteiger partial charge is 0.216 e. The lowest BCUT2D eigenvalue weighted by Gasteiger charge is -2.34. The molecule has 0 amide bonds. The third-order valence-corrected chi connectivity index (χ3v) is 7.60. The number of para-hydroxylation sites is 2. The van der Waals surface area contributed by atoms with E-state index in [-0.39, 0.29) is 5.25 Å². The summed E-state index contributed by atoms with van der Waals surface area (Å²) < 4.78 is 26.1. The molecular formula is C18H24N4O2S. The summed E-state index contributed by atoms with van der Waals surface area (Å²) in [6, 6.07) is 7.89. The van der Waals surface area contributed by atoms with Crippen LogP contribution in [0.15, 0.2) is 30.5 Å². The van der Waals surface area contributed by atoms with Crippen molar-refractivity contribution in [1.82, 2.24) is 14.3 Å². The molecule has 0 N–H and O–H groups in total. The molecule has 25 heavy (non-hydrogen) atoms. The van der Waals surface area contributed by atoms with E-state index in [9.17, 15) is 8.42 Å². The van der Waals surface area contributed by atoms with Crippen LogP contribution in [0.5, 0.6) is 0 Å². The predicted molar refractivity (Wildman–Crippen MR) is 99.0 cm³/mol. The zero-order valence-corrected chi connectivity index (χ0v) is 15.3. The fourth-order valence-electron chi connectivity index (χ4n) is 3.53. The molecule has 0 bridgehead atoms. The summed E-state index contributed by atoms with van der Waals surface area (Å²) in [5, 5.41) is -0.120. The summed E-state index contributed by atoms with van der Waals surface area (Å²) in [7, 11) is -1.33. The van der Waals surface area contributed by atoms with Crippen molar-refractivity contribution in [2.45, 2.75) is 30.9 Å². The summed E-state index contributed by atoms with van der Waals surface area (Å²) in [6.45, 7) is 2.43. The van der Waals surface area contributed by atoms with Gasteiger partial charge in [-0.3, -0.25) is 4.98 Å². The first-order valence-electron chi connectivity index (χ1n) is 8.96. The normalized spacial score (nSPS) is 19.7. The first-order chi connectivity index (χ1) is 12.0. The van der Waals surface area contributed by atoms with Crippen molar-refractivity contribution in [3.8, 4) is 0 Å². The minimum Gasteiger partial charge on any atom is -0.355 e. The number of sulfonamides is 1. The van der Waals surface area contributed by atoms with E-state index in [1.54, 1.807) is 11.4 Å². The van der Waals surface area contributed by atoms with Crippen LogP contribution in [0.3, 0.4) is 0 Å². The molecule has 4 rings (SSSR count). The molecule has 0 spiro atoms. The van der Waals surface area contributed by atoms with Gasteiger partial charge in [-0.05, 0) is 43.7 Å². The maximum atomic E-state index is 12.3. The zero-order chi connectivity index (χ0) is 17.4. The van der Waals surface area contributed by atoms with Crippen LogP contribution < -0.4 is 4.90 Å². The maximum Gasteiger partial charge on any atom is 0.216 e. The molecule has 2 aliphatic rings. The third kappa shape index (κ3) is 3.48. The van der Waals surface area contributed by atoms with Crippen LogP contribution in [-0.4, -0.2) is 54.6 Å². The van der Waals surface area contributed by atoms with Gasteiger partial charge in [-0.25, -0.2) is 17.7 Å². The first kappa shape index (κ1) is 16.7. The monoisotopic (exact) mass is 360 g/mol. The molecule has 134 valence electrons. The highest BCUT2D eigenvalue weighted by Gasteiger charge is 2.39. The minimum absolute atomic E-state index is 0.120. The molecule has 1 saturated heterocycles. The molecule has 2 aromatic rings. The Labute approximate surface area is 148 Å². The number of fused-ring (bicyclic) bond motifs is 1. The Balaban J connectivity index is 1.37. The van der Waals surface area contributed by atoms with Gasteiger partial charge in [0, 0.05) is 26.7 Å². The molecule has 1 aliphatic heterocycles. The average molecular weight is 360 g/mol. The number of anilines is 1.